The highest BCUT2D eigenvalue weighted by Crippen LogP contribution is 2.31. The predicted octanol–water partition coefficient (Wildman–Crippen LogP) is 2.44. The molecule has 0 bridgehead atoms. The molecule has 1 saturated heterocycles. The number of hydrogen-bond acceptors (Lipinski definition) is 4. The Morgan fingerprint density at radius 1 is 1.19 bits per heavy atom. The third-order valence-corrected chi connectivity index (χ3v) is 4.39. The van der Waals surface area contributed by atoms with Gasteiger partial charge in [-0.15, -0.1) is 12.4 Å². The van der Waals surface area contributed by atoms with Gasteiger partial charge in [-0.2, -0.15) is 0 Å². The quantitative estimate of drug-likeness (QED) is 0.931. The lowest BCUT2D eigenvalue weighted by molar-refractivity contribution is 0.162. The standard InChI is InChI=1S/C16H24N2O2.ClH/c1-12(17)14-4-6-18(7-5-14)11-13-2-3-15-16(10-13)20-9-8-19-15;/h2-3,10,12,14H,4-9,11,17H2,1H3;1H. The molecule has 2 N–H and O–H groups in total. The van der Waals surface area contributed by atoms with Crippen LogP contribution in [0.25, 0.3) is 0 Å². The molecule has 0 spiro atoms. The van der Waals surface area contributed by atoms with Gasteiger partial charge in [0.25, 0.3) is 0 Å². The molecule has 0 aliphatic carbocycles. The minimum Gasteiger partial charge on any atom is -0.486 e. The van der Waals surface area contributed by atoms with Crippen LogP contribution in [0.2, 0.25) is 0 Å². The normalized spacial score (nSPS) is 20.7. The van der Waals surface area contributed by atoms with Crippen molar-refractivity contribution in [1.29, 1.82) is 0 Å². The van der Waals surface area contributed by atoms with Gasteiger partial charge in [-0.3, -0.25) is 4.90 Å². The minimum atomic E-state index is 0. The van der Waals surface area contributed by atoms with Crippen LogP contribution in [0.3, 0.4) is 0 Å². The van der Waals surface area contributed by atoms with Crippen molar-refractivity contribution in [3.05, 3.63) is 23.8 Å². The zero-order valence-corrected chi connectivity index (χ0v) is 13.4. The van der Waals surface area contributed by atoms with Crippen LogP contribution < -0.4 is 15.2 Å². The minimum absolute atomic E-state index is 0. The summed E-state index contributed by atoms with van der Waals surface area (Å²) in [5.74, 6) is 2.45. The highest BCUT2D eigenvalue weighted by Gasteiger charge is 2.22. The van der Waals surface area contributed by atoms with E-state index in [0.717, 1.165) is 31.1 Å². The molecule has 1 atom stereocenters. The van der Waals surface area contributed by atoms with Gasteiger partial charge in [0.2, 0.25) is 0 Å². The first kappa shape index (κ1) is 16.4. The number of nitrogens with two attached hydrogens (primary N) is 1. The Hall–Kier alpha value is -0.970. The summed E-state index contributed by atoms with van der Waals surface area (Å²) in [6.45, 7) is 6.69. The van der Waals surface area contributed by atoms with E-state index in [1.807, 2.05) is 6.07 Å². The van der Waals surface area contributed by atoms with Gasteiger partial charge in [0.05, 0.1) is 0 Å². The lowest BCUT2D eigenvalue weighted by Gasteiger charge is -2.33. The molecular formula is C16H25ClN2O2. The van der Waals surface area contributed by atoms with Crippen LogP contribution in [0.15, 0.2) is 18.2 Å². The van der Waals surface area contributed by atoms with Gasteiger partial charge >= 0.3 is 0 Å². The Morgan fingerprint density at radius 2 is 1.86 bits per heavy atom. The van der Waals surface area contributed by atoms with E-state index >= 15 is 0 Å². The van der Waals surface area contributed by atoms with Gasteiger partial charge in [0.15, 0.2) is 11.5 Å². The number of nitrogens with zero attached hydrogens (tertiary/aromatic N) is 1. The monoisotopic (exact) mass is 312 g/mol. The molecule has 2 heterocycles. The zero-order chi connectivity index (χ0) is 13.9. The average Bonchev–Trinajstić information content (AvgIpc) is 2.48. The van der Waals surface area contributed by atoms with E-state index in [4.69, 9.17) is 15.2 Å². The zero-order valence-electron chi connectivity index (χ0n) is 12.6. The van der Waals surface area contributed by atoms with Crippen molar-refractivity contribution in [3.63, 3.8) is 0 Å². The van der Waals surface area contributed by atoms with E-state index in [1.165, 1.54) is 18.4 Å². The van der Waals surface area contributed by atoms with E-state index in [-0.39, 0.29) is 12.4 Å². The maximum absolute atomic E-state index is 5.99. The summed E-state index contributed by atoms with van der Waals surface area (Å²) in [4.78, 5) is 2.50. The Morgan fingerprint density at radius 3 is 2.52 bits per heavy atom. The molecule has 1 fully saturated rings. The molecule has 0 radical (unpaired) electrons. The molecule has 118 valence electrons. The van der Waals surface area contributed by atoms with Gasteiger partial charge in [0, 0.05) is 12.6 Å². The van der Waals surface area contributed by atoms with E-state index < -0.39 is 0 Å². The molecule has 0 amide bonds. The molecule has 4 nitrogen and oxygen atoms in total. The van der Waals surface area contributed by atoms with Gasteiger partial charge in [0.1, 0.15) is 13.2 Å². The Kier molecular flexibility index (Phi) is 5.73. The summed E-state index contributed by atoms with van der Waals surface area (Å²) >= 11 is 0. The number of piperidine rings is 1. The Labute approximate surface area is 133 Å². The summed E-state index contributed by atoms with van der Waals surface area (Å²) in [5.41, 5.74) is 7.29. The number of ether oxygens (including phenoxy) is 2. The van der Waals surface area contributed by atoms with Crippen molar-refractivity contribution in [1.82, 2.24) is 4.90 Å². The number of likely N-dealkylation sites (tertiary alicyclic amines) is 1. The van der Waals surface area contributed by atoms with Crippen LogP contribution in [0.5, 0.6) is 11.5 Å². The summed E-state index contributed by atoms with van der Waals surface area (Å²) in [7, 11) is 0. The fourth-order valence-electron chi connectivity index (χ4n) is 3.08. The molecule has 2 aliphatic heterocycles. The molecule has 1 aromatic rings. The second-order valence-corrected chi connectivity index (χ2v) is 5.95. The third kappa shape index (κ3) is 4.02. The molecule has 2 aliphatic rings. The number of halogens is 1. The molecule has 1 unspecified atom stereocenters. The number of hydrogen-bond donors (Lipinski definition) is 1. The van der Waals surface area contributed by atoms with Crippen molar-refractivity contribution >= 4 is 12.4 Å². The van der Waals surface area contributed by atoms with Crippen LogP contribution >= 0.6 is 12.4 Å². The second-order valence-electron chi connectivity index (χ2n) is 5.95. The van der Waals surface area contributed by atoms with E-state index in [0.29, 0.717) is 25.2 Å². The Bertz CT molecular complexity index is 460. The molecule has 21 heavy (non-hydrogen) atoms. The topological polar surface area (TPSA) is 47.7 Å². The smallest absolute Gasteiger partial charge is 0.161 e. The lowest BCUT2D eigenvalue weighted by atomic mass is 9.91. The summed E-state index contributed by atoms with van der Waals surface area (Å²) in [6.07, 6.45) is 2.42. The third-order valence-electron chi connectivity index (χ3n) is 4.39. The van der Waals surface area contributed by atoms with E-state index in [1.54, 1.807) is 0 Å². The lowest BCUT2D eigenvalue weighted by Crippen LogP contribution is -2.39. The van der Waals surface area contributed by atoms with Crippen LogP contribution in [0.1, 0.15) is 25.3 Å². The highest BCUT2D eigenvalue weighted by atomic mass is 35.5. The van der Waals surface area contributed by atoms with Gasteiger partial charge < -0.3 is 15.2 Å². The Balaban J connectivity index is 0.00000161. The molecule has 1 aromatic carbocycles. The molecular weight excluding hydrogens is 288 g/mol. The summed E-state index contributed by atoms with van der Waals surface area (Å²) < 4.78 is 11.2. The highest BCUT2D eigenvalue weighted by molar-refractivity contribution is 5.85. The summed E-state index contributed by atoms with van der Waals surface area (Å²) in [6, 6.07) is 6.61. The van der Waals surface area contributed by atoms with Gasteiger partial charge in [-0.25, -0.2) is 0 Å². The predicted molar refractivity (Wildman–Crippen MR) is 86.3 cm³/mol. The van der Waals surface area contributed by atoms with Crippen molar-refractivity contribution in [2.75, 3.05) is 26.3 Å². The first-order chi connectivity index (χ1) is 9.72. The second kappa shape index (κ2) is 7.34. The fourth-order valence-corrected chi connectivity index (χ4v) is 3.08. The van der Waals surface area contributed by atoms with Crippen LogP contribution in [0, 0.1) is 5.92 Å². The first-order valence-corrected chi connectivity index (χ1v) is 7.59. The van der Waals surface area contributed by atoms with E-state index in [9.17, 15) is 0 Å². The maximum atomic E-state index is 5.99. The van der Waals surface area contributed by atoms with Gasteiger partial charge in [-0.05, 0) is 56.5 Å². The molecule has 5 heteroatoms. The largest absolute Gasteiger partial charge is 0.486 e. The van der Waals surface area contributed by atoms with Crippen molar-refractivity contribution < 1.29 is 9.47 Å². The van der Waals surface area contributed by atoms with Crippen molar-refractivity contribution in [3.8, 4) is 11.5 Å². The summed E-state index contributed by atoms with van der Waals surface area (Å²) in [5, 5.41) is 0. The average molecular weight is 313 g/mol. The van der Waals surface area contributed by atoms with E-state index in [2.05, 4.69) is 24.0 Å². The van der Waals surface area contributed by atoms with Crippen LogP contribution in [-0.4, -0.2) is 37.2 Å². The molecule has 0 saturated carbocycles. The fraction of sp³-hybridized carbons (Fsp3) is 0.625. The van der Waals surface area contributed by atoms with Crippen LogP contribution in [0.4, 0.5) is 0 Å². The molecule has 3 rings (SSSR count). The van der Waals surface area contributed by atoms with Crippen molar-refractivity contribution in [2.24, 2.45) is 11.7 Å². The van der Waals surface area contributed by atoms with Crippen molar-refractivity contribution in [2.45, 2.75) is 32.4 Å². The number of rotatable bonds is 3. The number of benzene rings is 1. The van der Waals surface area contributed by atoms with Gasteiger partial charge in [-0.1, -0.05) is 6.07 Å². The van der Waals surface area contributed by atoms with Crippen LogP contribution in [-0.2, 0) is 6.54 Å². The molecule has 0 aromatic heterocycles. The number of fused-ring (bicyclic) bond motifs is 1. The maximum Gasteiger partial charge on any atom is 0.161 e. The SMILES string of the molecule is CC(N)C1CCN(Cc2ccc3c(c2)OCCO3)CC1.Cl. The first-order valence-electron chi connectivity index (χ1n) is 7.59.